The van der Waals surface area contributed by atoms with Crippen LogP contribution >= 0.6 is 0 Å². The van der Waals surface area contributed by atoms with E-state index in [2.05, 4.69) is 30.3 Å². The van der Waals surface area contributed by atoms with Gasteiger partial charge in [0.2, 0.25) is 11.9 Å². The van der Waals surface area contributed by atoms with Gasteiger partial charge in [0.1, 0.15) is 0 Å². The summed E-state index contributed by atoms with van der Waals surface area (Å²) in [6.45, 7) is 3.16. The van der Waals surface area contributed by atoms with Gasteiger partial charge in [-0.2, -0.15) is 18.3 Å². The van der Waals surface area contributed by atoms with E-state index in [0.29, 0.717) is 36.7 Å². The molecule has 0 amide bonds. The molecule has 4 aromatic rings. The molecule has 5 rings (SSSR count). The Hall–Kier alpha value is -3.95. The van der Waals surface area contributed by atoms with Crippen LogP contribution < -0.4 is 15.8 Å². The standard InChI is InChI=1S/C21H17F2N7O/c1-12-6-19-24-4-2-20(31)30(19)28-21(12)29-5-3-16-13(11-29)7-15(10-25-16)26-14-8-17(22)27-18(23)9-14/h2,4,6-10H,3,5,11H2,1H3,(H,26,27). The number of aromatic nitrogens is 5. The highest BCUT2D eigenvalue weighted by atomic mass is 19.1. The molecule has 0 fully saturated rings. The lowest BCUT2D eigenvalue weighted by molar-refractivity contribution is 0.514. The first-order chi connectivity index (χ1) is 15.0. The first-order valence-corrected chi connectivity index (χ1v) is 9.65. The van der Waals surface area contributed by atoms with Gasteiger partial charge in [0, 0.05) is 55.3 Å². The van der Waals surface area contributed by atoms with Gasteiger partial charge in [0.25, 0.3) is 5.56 Å². The Morgan fingerprint density at radius 2 is 1.87 bits per heavy atom. The SMILES string of the molecule is Cc1cc2nccc(=O)n2nc1N1CCc2ncc(Nc3cc(F)nc(F)c3)cc2C1. The Morgan fingerprint density at radius 1 is 1.06 bits per heavy atom. The molecule has 0 aliphatic carbocycles. The summed E-state index contributed by atoms with van der Waals surface area (Å²) in [5, 5.41) is 7.48. The van der Waals surface area contributed by atoms with Gasteiger partial charge < -0.3 is 10.2 Å². The van der Waals surface area contributed by atoms with Crippen LogP contribution in [-0.2, 0) is 13.0 Å². The molecule has 31 heavy (non-hydrogen) atoms. The number of halogens is 2. The molecule has 0 unspecified atom stereocenters. The van der Waals surface area contributed by atoms with E-state index in [1.54, 1.807) is 6.20 Å². The molecule has 8 nitrogen and oxygen atoms in total. The molecule has 0 bridgehead atoms. The topological polar surface area (TPSA) is 88.3 Å². The van der Waals surface area contributed by atoms with E-state index in [0.717, 1.165) is 29.0 Å². The molecule has 1 aliphatic heterocycles. The summed E-state index contributed by atoms with van der Waals surface area (Å²) in [5.74, 6) is -1.10. The van der Waals surface area contributed by atoms with Crippen LogP contribution in [0.5, 0.6) is 0 Å². The van der Waals surface area contributed by atoms with Crippen LogP contribution in [-0.4, -0.2) is 31.1 Å². The van der Waals surface area contributed by atoms with E-state index >= 15 is 0 Å². The minimum Gasteiger partial charge on any atom is -0.354 e. The van der Waals surface area contributed by atoms with Gasteiger partial charge in [-0.1, -0.05) is 0 Å². The predicted octanol–water partition coefficient (Wildman–Crippen LogP) is 2.77. The minimum atomic E-state index is -0.901. The van der Waals surface area contributed by atoms with Crippen LogP contribution in [0.1, 0.15) is 16.8 Å². The largest absolute Gasteiger partial charge is 0.354 e. The van der Waals surface area contributed by atoms with Crippen molar-refractivity contribution in [3.05, 3.63) is 81.8 Å². The van der Waals surface area contributed by atoms with Crippen LogP contribution in [0.4, 0.5) is 26.0 Å². The third-order valence-electron chi connectivity index (χ3n) is 5.13. The van der Waals surface area contributed by atoms with Gasteiger partial charge in [0.05, 0.1) is 11.9 Å². The van der Waals surface area contributed by atoms with Crippen molar-refractivity contribution >= 4 is 22.8 Å². The number of aryl methyl sites for hydroxylation is 1. The van der Waals surface area contributed by atoms with E-state index in [1.807, 2.05) is 19.1 Å². The second-order valence-corrected chi connectivity index (χ2v) is 7.33. The van der Waals surface area contributed by atoms with E-state index in [-0.39, 0.29) is 11.2 Å². The molecular formula is C21H17F2N7O. The van der Waals surface area contributed by atoms with Gasteiger partial charge in [0.15, 0.2) is 11.5 Å². The Bertz CT molecular complexity index is 1350. The molecule has 0 atom stereocenters. The number of nitrogens with zero attached hydrogens (tertiary/aromatic N) is 6. The van der Waals surface area contributed by atoms with Crippen molar-refractivity contribution in [1.29, 1.82) is 0 Å². The smallest absolute Gasteiger partial charge is 0.274 e. The first-order valence-electron chi connectivity index (χ1n) is 9.65. The number of rotatable bonds is 3. The molecule has 4 aromatic heterocycles. The summed E-state index contributed by atoms with van der Waals surface area (Å²) >= 11 is 0. The van der Waals surface area contributed by atoms with Crippen molar-refractivity contribution in [3.8, 4) is 0 Å². The number of nitrogens with one attached hydrogen (secondary N) is 1. The molecule has 0 saturated heterocycles. The highest BCUT2D eigenvalue weighted by molar-refractivity contribution is 5.60. The molecule has 5 heterocycles. The molecule has 0 saturated carbocycles. The lowest BCUT2D eigenvalue weighted by Crippen LogP contribution is -2.33. The maximum absolute atomic E-state index is 13.4. The minimum absolute atomic E-state index is 0.242. The zero-order valence-electron chi connectivity index (χ0n) is 16.5. The van der Waals surface area contributed by atoms with E-state index in [1.165, 1.54) is 16.8 Å². The Morgan fingerprint density at radius 3 is 2.68 bits per heavy atom. The van der Waals surface area contributed by atoms with Gasteiger partial charge in [-0.25, -0.2) is 4.98 Å². The highest BCUT2D eigenvalue weighted by Crippen LogP contribution is 2.27. The Labute approximate surface area is 175 Å². The third kappa shape index (κ3) is 3.67. The lowest BCUT2D eigenvalue weighted by Gasteiger charge is -2.30. The van der Waals surface area contributed by atoms with Crippen molar-refractivity contribution in [3.63, 3.8) is 0 Å². The van der Waals surface area contributed by atoms with Crippen LogP contribution in [0.25, 0.3) is 5.65 Å². The summed E-state index contributed by atoms with van der Waals surface area (Å²) in [6.07, 6.45) is 3.81. The summed E-state index contributed by atoms with van der Waals surface area (Å²) < 4.78 is 28.0. The molecule has 1 aliphatic rings. The van der Waals surface area contributed by atoms with Crippen LogP contribution in [0.2, 0.25) is 0 Å². The first kappa shape index (κ1) is 19.0. The predicted molar refractivity (Wildman–Crippen MR) is 110 cm³/mol. The third-order valence-corrected chi connectivity index (χ3v) is 5.13. The fraction of sp³-hybridized carbons (Fsp3) is 0.190. The van der Waals surface area contributed by atoms with Gasteiger partial charge in [-0.05, 0) is 30.2 Å². The van der Waals surface area contributed by atoms with Crippen molar-refractivity contribution in [2.75, 3.05) is 16.8 Å². The van der Waals surface area contributed by atoms with Crippen LogP contribution in [0.3, 0.4) is 0 Å². The van der Waals surface area contributed by atoms with Crippen molar-refractivity contribution in [1.82, 2.24) is 24.6 Å². The number of hydrogen-bond donors (Lipinski definition) is 1. The fourth-order valence-corrected chi connectivity index (χ4v) is 3.74. The molecule has 0 radical (unpaired) electrons. The maximum atomic E-state index is 13.4. The van der Waals surface area contributed by atoms with Crippen molar-refractivity contribution in [2.24, 2.45) is 0 Å². The summed E-state index contributed by atoms with van der Waals surface area (Å²) in [4.78, 5) is 26.0. The average molecular weight is 421 g/mol. The van der Waals surface area contributed by atoms with E-state index < -0.39 is 11.9 Å². The summed E-state index contributed by atoms with van der Waals surface area (Å²) in [7, 11) is 0. The van der Waals surface area contributed by atoms with Crippen LogP contribution in [0.15, 0.2) is 47.5 Å². The number of fused-ring (bicyclic) bond motifs is 2. The van der Waals surface area contributed by atoms with E-state index in [4.69, 9.17) is 0 Å². The van der Waals surface area contributed by atoms with Crippen LogP contribution in [0, 0.1) is 18.8 Å². The molecule has 0 aromatic carbocycles. The van der Waals surface area contributed by atoms with Crippen molar-refractivity contribution < 1.29 is 8.78 Å². The van der Waals surface area contributed by atoms with E-state index in [9.17, 15) is 13.6 Å². The second-order valence-electron chi connectivity index (χ2n) is 7.33. The monoisotopic (exact) mass is 421 g/mol. The molecule has 0 spiro atoms. The summed E-state index contributed by atoms with van der Waals surface area (Å²) in [5.41, 5.74) is 3.93. The molecular weight excluding hydrogens is 404 g/mol. The number of pyridine rings is 2. The zero-order chi connectivity index (χ0) is 21.5. The molecule has 1 N–H and O–H groups in total. The van der Waals surface area contributed by atoms with Gasteiger partial charge in [-0.15, -0.1) is 5.10 Å². The van der Waals surface area contributed by atoms with Gasteiger partial charge >= 0.3 is 0 Å². The molecule has 10 heteroatoms. The summed E-state index contributed by atoms with van der Waals surface area (Å²) in [6, 6.07) is 7.33. The van der Waals surface area contributed by atoms with Gasteiger partial charge in [-0.3, -0.25) is 9.78 Å². The normalized spacial score (nSPS) is 13.3. The Kier molecular flexibility index (Phi) is 4.54. The Balaban J connectivity index is 1.45. The lowest BCUT2D eigenvalue weighted by atomic mass is 10.0. The van der Waals surface area contributed by atoms with Crippen molar-refractivity contribution in [2.45, 2.75) is 19.9 Å². The quantitative estimate of drug-likeness (QED) is 0.509. The maximum Gasteiger partial charge on any atom is 0.274 e. The number of hydrogen-bond acceptors (Lipinski definition) is 7. The average Bonchev–Trinajstić information content (AvgIpc) is 2.72. The number of anilines is 3. The zero-order valence-corrected chi connectivity index (χ0v) is 16.5. The molecule has 156 valence electrons. The fourth-order valence-electron chi connectivity index (χ4n) is 3.74. The highest BCUT2D eigenvalue weighted by Gasteiger charge is 2.21. The second kappa shape index (κ2) is 7.38.